The van der Waals surface area contributed by atoms with Crippen molar-refractivity contribution >= 4 is 35.6 Å². The largest absolute Gasteiger partial charge is 0.444 e. The van der Waals surface area contributed by atoms with Crippen molar-refractivity contribution in [1.82, 2.24) is 20.2 Å². The summed E-state index contributed by atoms with van der Waals surface area (Å²) in [7, 11) is 0. The van der Waals surface area contributed by atoms with E-state index >= 15 is 0 Å². The van der Waals surface area contributed by atoms with Gasteiger partial charge in [-0.05, 0) is 53.5 Å². The summed E-state index contributed by atoms with van der Waals surface area (Å²) in [4.78, 5) is 47.6. The van der Waals surface area contributed by atoms with Gasteiger partial charge < -0.3 is 20.1 Å². The molecule has 0 unspecified atom stereocenters. The molecule has 0 saturated carbocycles. The van der Waals surface area contributed by atoms with Crippen LogP contribution in [0.25, 0.3) is 0 Å². The molecule has 1 aliphatic rings. The first kappa shape index (κ1) is 27.5. The number of thioether (sulfide) groups is 1. The van der Waals surface area contributed by atoms with Crippen LogP contribution in [0.15, 0.2) is 36.5 Å². The van der Waals surface area contributed by atoms with Gasteiger partial charge in [-0.25, -0.2) is 9.78 Å². The molecular weight excluding hydrogens is 482 g/mol. The number of aliphatic hydroxyl groups excluding tert-OH is 1. The Morgan fingerprint density at radius 2 is 1.94 bits per heavy atom. The molecule has 36 heavy (non-hydrogen) atoms. The number of aromatic nitrogens is 2. The number of hydrogen-bond acceptors (Lipinski definition) is 7. The molecule has 3 atom stereocenters. The van der Waals surface area contributed by atoms with E-state index < -0.39 is 46.4 Å². The van der Waals surface area contributed by atoms with Crippen LogP contribution in [0.2, 0.25) is 0 Å². The molecule has 3 rings (SSSR count). The number of nitrogens with one attached hydrogen (secondary N) is 3. The molecule has 1 fully saturated rings. The SMILES string of the molecule is Cc1cnc(NC(=O)[C@H](O)[C@H](Cc2ccccc2)NC(=O)[C@H]2N(C(=O)OC(C)(C)C)CSC2(C)C)[nH]1. The Morgan fingerprint density at radius 1 is 1.28 bits per heavy atom. The minimum absolute atomic E-state index is 0.199. The highest BCUT2D eigenvalue weighted by Gasteiger charge is 2.50. The molecule has 0 aliphatic carbocycles. The van der Waals surface area contributed by atoms with Crippen LogP contribution >= 0.6 is 11.8 Å². The smallest absolute Gasteiger partial charge is 0.411 e. The number of aryl methyl sites for hydroxylation is 1. The van der Waals surface area contributed by atoms with E-state index in [1.807, 2.05) is 44.2 Å². The molecule has 4 N–H and O–H groups in total. The molecule has 1 saturated heterocycles. The van der Waals surface area contributed by atoms with Crippen molar-refractivity contribution < 1.29 is 24.2 Å². The molecule has 0 bridgehead atoms. The number of carbonyl (C=O) groups is 3. The number of nitrogens with zero attached hydrogens (tertiary/aromatic N) is 2. The third kappa shape index (κ3) is 7.01. The average Bonchev–Trinajstić information content (AvgIpc) is 3.33. The molecule has 196 valence electrons. The minimum atomic E-state index is -1.58. The number of anilines is 1. The van der Waals surface area contributed by atoms with Gasteiger partial charge in [0.05, 0.1) is 11.9 Å². The Bertz CT molecular complexity index is 1080. The highest BCUT2D eigenvalue weighted by molar-refractivity contribution is 8.00. The highest BCUT2D eigenvalue weighted by Crippen LogP contribution is 2.40. The number of aliphatic hydroxyl groups is 1. The topological polar surface area (TPSA) is 137 Å². The van der Waals surface area contributed by atoms with Crippen LogP contribution < -0.4 is 10.6 Å². The minimum Gasteiger partial charge on any atom is -0.444 e. The number of imidazole rings is 1. The van der Waals surface area contributed by atoms with Gasteiger partial charge in [0.2, 0.25) is 11.9 Å². The lowest BCUT2D eigenvalue weighted by molar-refractivity contribution is -0.130. The average molecular weight is 518 g/mol. The van der Waals surface area contributed by atoms with Gasteiger partial charge >= 0.3 is 6.09 Å². The summed E-state index contributed by atoms with van der Waals surface area (Å²) in [6, 6.07) is 7.41. The lowest BCUT2D eigenvalue weighted by Gasteiger charge is -2.33. The summed E-state index contributed by atoms with van der Waals surface area (Å²) in [6.07, 6.45) is -0.417. The number of amides is 3. The Labute approximate surface area is 215 Å². The number of H-pyrrole nitrogens is 1. The second kappa shape index (κ2) is 10.9. The Kier molecular flexibility index (Phi) is 8.35. The lowest BCUT2D eigenvalue weighted by Crippen LogP contribution is -2.59. The Morgan fingerprint density at radius 3 is 2.53 bits per heavy atom. The summed E-state index contributed by atoms with van der Waals surface area (Å²) in [5, 5.41) is 16.4. The van der Waals surface area contributed by atoms with E-state index in [1.165, 1.54) is 16.7 Å². The molecule has 2 aromatic rings. The maximum atomic E-state index is 13.6. The van der Waals surface area contributed by atoms with E-state index in [-0.39, 0.29) is 18.2 Å². The van der Waals surface area contributed by atoms with Crippen LogP contribution in [-0.4, -0.2) is 72.3 Å². The van der Waals surface area contributed by atoms with E-state index in [2.05, 4.69) is 20.6 Å². The zero-order valence-electron chi connectivity index (χ0n) is 21.5. The van der Waals surface area contributed by atoms with Gasteiger partial charge in [-0.2, -0.15) is 0 Å². The van der Waals surface area contributed by atoms with Gasteiger partial charge in [-0.1, -0.05) is 30.3 Å². The van der Waals surface area contributed by atoms with Gasteiger partial charge in [0.1, 0.15) is 11.6 Å². The first-order chi connectivity index (χ1) is 16.8. The molecule has 11 heteroatoms. The predicted molar refractivity (Wildman–Crippen MR) is 138 cm³/mol. The summed E-state index contributed by atoms with van der Waals surface area (Å²) in [6.45, 7) is 10.8. The van der Waals surface area contributed by atoms with E-state index in [0.717, 1.165) is 11.3 Å². The number of hydrogen-bond donors (Lipinski definition) is 4. The van der Waals surface area contributed by atoms with Crippen molar-refractivity contribution in [2.24, 2.45) is 0 Å². The number of benzene rings is 1. The molecule has 1 aromatic heterocycles. The van der Waals surface area contributed by atoms with Crippen LogP contribution in [-0.2, 0) is 20.7 Å². The molecular formula is C25H35N5O5S. The van der Waals surface area contributed by atoms with Crippen LogP contribution in [0.4, 0.5) is 10.7 Å². The third-order valence-electron chi connectivity index (χ3n) is 5.64. The van der Waals surface area contributed by atoms with E-state index in [4.69, 9.17) is 4.74 Å². The van der Waals surface area contributed by atoms with E-state index in [9.17, 15) is 19.5 Å². The molecule has 1 aromatic carbocycles. The molecule has 0 radical (unpaired) electrons. The first-order valence-electron chi connectivity index (χ1n) is 11.8. The number of rotatable bonds is 7. The maximum Gasteiger partial charge on any atom is 0.411 e. The fourth-order valence-corrected chi connectivity index (χ4v) is 5.04. The van der Waals surface area contributed by atoms with Crippen molar-refractivity contribution in [3.05, 3.63) is 47.8 Å². The summed E-state index contributed by atoms with van der Waals surface area (Å²) < 4.78 is 4.91. The Hall–Kier alpha value is -3.05. The van der Waals surface area contributed by atoms with Gasteiger partial charge in [0.15, 0.2) is 6.10 Å². The summed E-state index contributed by atoms with van der Waals surface area (Å²) >= 11 is 1.46. The molecule has 0 spiro atoms. The van der Waals surface area contributed by atoms with Gasteiger partial charge in [-0.15, -0.1) is 11.8 Å². The molecule has 1 aliphatic heterocycles. The summed E-state index contributed by atoms with van der Waals surface area (Å²) in [5.74, 6) is -0.706. The third-order valence-corrected chi connectivity index (χ3v) is 7.02. The molecule has 3 amide bonds. The number of carbonyl (C=O) groups excluding carboxylic acids is 3. The second-order valence-electron chi connectivity index (χ2n) is 10.4. The maximum absolute atomic E-state index is 13.6. The quantitative estimate of drug-likeness (QED) is 0.443. The van der Waals surface area contributed by atoms with Crippen LogP contribution in [0.1, 0.15) is 45.9 Å². The van der Waals surface area contributed by atoms with Crippen LogP contribution in [0.3, 0.4) is 0 Å². The normalized spacial score (nSPS) is 18.9. The molecule has 2 heterocycles. The second-order valence-corrected chi connectivity index (χ2v) is 12.0. The zero-order chi connectivity index (χ0) is 26.7. The monoisotopic (exact) mass is 517 g/mol. The van der Waals surface area contributed by atoms with Gasteiger partial charge in [0.25, 0.3) is 5.91 Å². The van der Waals surface area contributed by atoms with Crippen LogP contribution in [0, 0.1) is 6.92 Å². The first-order valence-corrected chi connectivity index (χ1v) is 12.7. The lowest BCUT2D eigenvalue weighted by atomic mass is 9.97. The van der Waals surface area contributed by atoms with E-state index in [1.54, 1.807) is 33.9 Å². The van der Waals surface area contributed by atoms with E-state index in [0.29, 0.717) is 0 Å². The van der Waals surface area contributed by atoms with Gasteiger partial charge in [0, 0.05) is 16.6 Å². The number of ether oxygens (including phenoxy) is 1. The summed E-state index contributed by atoms with van der Waals surface area (Å²) in [5.41, 5.74) is 0.855. The van der Waals surface area contributed by atoms with Gasteiger partial charge in [-0.3, -0.25) is 19.8 Å². The van der Waals surface area contributed by atoms with Crippen molar-refractivity contribution in [1.29, 1.82) is 0 Å². The van der Waals surface area contributed by atoms with Crippen molar-refractivity contribution in [2.75, 3.05) is 11.2 Å². The zero-order valence-corrected chi connectivity index (χ0v) is 22.3. The van der Waals surface area contributed by atoms with Crippen molar-refractivity contribution in [2.45, 2.75) is 76.5 Å². The Balaban J connectivity index is 1.82. The predicted octanol–water partition coefficient (Wildman–Crippen LogP) is 2.83. The standard InChI is InChI=1S/C25H35N5O5S/c1-15-13-26-22(27-15)29-20(32)18(31)17(12-16-10-8-7-9-11-16)28-21(33)19-25(5,6)36-14-30(19)23(34)35-24(2,3)4/h7-11,13,17-19,31H,12,14H2,1-6H3,(H,28,33)(H2,26,27,29,32)/t17-,18+,19+/m0/s1. The fourth-order valence-electron chi connectivity index (χ4n) is 3.92. The highest BCUT2D eigenvalue weighted by atomic mass is 32.2. The van der Waals surface area contributed by atoms with Crippen molar-refractivity contribution in [3.8, 4) is 0 Å². The number of aromatic amines is 1. The van der Waals surface area contributed by atoms with Crippen LogP contribution in [0.5, 0.6) is 0 Å². The molecule has 10 nitrogen and oxygen atoms in total. The fraction of sp³-hybridized carbons (Fsp3) is 0.520. The van der Waals surface area contributed by atoms with Crippen molar-refractivity contribution in [3.63, 3.8) is 0 Å².